The Morgan fingerprint density at radius 1 is 1.14 bits per heavy atom. The highest BCUT2D eigenvalue weighted by Crippen LogP contribution is 2.28. The zero-order valence-corrected chi connectivity index (χ0v) is 17.1. The van der Waals surface area contributed by atoms with Gasteiger partial charge < -0.3 is 0 Å². The number of carbonyl (C=O) groups excluding carboxylic acids is 3. The van der Waals surface area contributed by atoms with Crippen molar-refractivity contribution in [3.05, 3.63) is 46.8 Å². The van der Waals surface area contributed by atoms with Crippen molar-refractivity contribution in [1.82, 2.24) is 10.1 Å². The van der Waals surface area contributed by atoms with Crippen molar-refractivity contribution in [3.63, 3.8) is 0 Å². The number of aromatic nitrogens is 1. The van der Waals surface area contributed by atoms with Crippen LogP contribution in [0.4, 0.5) is 5.69 Å². The number of primary sulfonamides is 1. The summed E-state index contributed by atoms with van der Waals surface area (Å²) in [7, 11) is -4.21. The molecule has 0 saturated heterocycles. The number of nitrogens with zero attached hydrogens (tertiary/aromatic N) is 1. The number of amides is 2. The van der Waals surface area contributed by atoms with Crippen LogP contribution in [0.2, 0.25) is 0 Å². The Hall–Kier alpha value is -3.18. The first-order valence-corrected chi connectivity index (χ1v) is 10.4. The number of hydrogen-bond acceptors (Lipinski definition) is 6. The number of nitrogens with one attached hydrogen (secondary N) is 3. The molecular formula is C18H23N5O5S. The van der Waals surface area contributed by atoms with Crippen LogP contribution in [0.5, 0.6) is 0 Å². The molecule has 0 radical (unpaired) electrons. The second kappa shape index (κ2) is 8.88. The zero-order chi connectivity index (χ0) is 21.8. The molecule has 0 saturated carbocycles. The van der Waals surface area contributed by atoms with Crippen molar-refractivity contribution in [2.24, 2.45) is 5.14 Å². The van der Waals surface area contributed by atoms with E-state index in [1.54, 1.807) is 32.0 Å². The first kappa shape index (κ1) is 22.1. The number of nitrogens with two attached hydrogens (primary N) is 1. The number of sulfonamides is 1. The highest BCUT2D eigenvalue weighted by molar-refractivity contribution is 7.89. The third kappa shape index (κ3) is 4.46. The van der Waals surface area contributed by atoms with E-state index in [9.17, 15) is 22.8 Å². The fraction of sp³-hybridized carbons (Fsp3) is 0.278. The fourth-order valence-electron chi connectivity index (χ4n) is 3.17. The number of rotatable bonds is 9. The van der Waals surface area contributed by atoms with Gasteiger partial charge in [-0.05, 0) is 31.9 Å². The Bertz CT molecular complexity index is 1060. The van der Waals surface area contributed by atoms with Gasteiger partial charge in [-0.2, -0.15) is 0 Å². The maximum absolute atomic E-state index is 12.9. The molecule has 0 aliphatic heterocycles. The predicted molar refractivity (Wildman–Crippen MR) is 108 cm³/mol. The molecule has 10 nitrogen and oxygen atoms in total. The third-order valence-corrected chi connectivity index (χ3v) is 5.28. The number of ketones is 1. The SMILES string of the molecule is CCc1c(C(C)=O)c(S(N)(=O)=O)c(CC)n1NC(=O)c1ccccc1NNC=O. The van der Waals surface area contributed by atoms with Crippen LogP contribution in [0.3, 0.4) is 0 Å². The lowest BCUT2D eigenvalue weighted by molar-refractivity contribution is -0.109. The van der Waals surface area contributed by atoms with Gasteiger partial charge in [-0.15, -0.1) is 0 Å². The molecule has 156 valence electrons. The molecule has 0 aliphatic rings. The minimum Gasteiger partial charge on any atom is -0.298 e. The van der Waals surface area contributed by atoms with E-state index in [1.165, 1.54) is 17.7 Å². The summed E-state index contributed by atoms with van der Waals surface area (Å²) < 4.78 is 25.7. The van der Waals surface area contributed by atoms with Gasteiger partial charge in [-0.25, -0.2) is 13.6 Å². The van der Waals surface area contributed by atoms with Crippen molar-refractivity contribution in [3.8, 4) is 0 Å². The molecular weight excluding hydrogens is 398 g/mol. The summed E-state index contributed by atoms with van der Waals surface area (Å²) in [5.74, 6) is -1.04. The second-order valence-electron chi connectivity index (χ2n) is 6.11. The summed E-state index contributed by atoms with van der Waals surface area (Å²) in [5, 5.41) is 5.37. The number of anilines is 1. The molecule has 1 aromatic heterocycles. The van der Waals surface area contributed by atoms with E-state index in [0.29, 0.717) is 17.8 Å². The largest absolute Gasteiger partial charge is 0.298 e. The highest BCUT2D eigenvalue weighted by Gasteiger charge is 2.31. The Morgan fingerprint density at radius 3 is 2.28 bits per heavy atom. The van der Waals surface area contributed by atoms with Crippen molar-refractivity contribution in [2.45, 2.75) is 38.5 Å². The quantitative estimate of drug-likeness (QED) is 0.268. The van der Waals surface area contributed by atoms with Gasteiger partial charge >= 0.3 is 0 Å². The number of benzene rings is 1. The maximum Gasteiger partial charge on any atom is 0.272 e. The maximum atomic E-state index is 12.9. The molecule has 1 aromatic carbocycles. The number of carbonyl (C=O) groups is 3. The van der Waals surface area contributed by atoms with Crippen LogP contribution in [0.15, 0.2) is 29.2 Å². The Morgan fingerprint density at radius 2 is 1.76 bits per heavy atom. The van der Waals surface area contributed by atoms with Crippen molar-refractivity contribution in [1.29, 1.82) is 0 Å². The van der Waals surface area contributed by atoms with Gasteiger partial charge in [0.05, 0.1) is 28.2 Å². The van der Waals surface area contributed by atoms with Gasteiger partial charge in [0, 0.05) is 0 Å². The van der Waals surface area contributed by atoms with Gasteiger partial charge in [0.1, 0.15) is 4.90 Å². The molecule has 2 amide bonds. The van der Waals surface area contributed by atoms with Crippen LogP contribution >= 0.6 is 0 Å². The molecule has 29 heavy (non-hydrogen) atoms. The highest BCUT2D eigenvalue weighted by atomic mass is 32.2. The van der Waals surface area contributed by atoms with Crippen LogP contribution in [0, 0.1) is 0 Å². The molecule has 0 fully saturated rings. The Balaban J connectivity index is 2.63. The van der Waals surface area contributed by atoms with Gasteiger partial charge in [0.25, 0.3) is 5.91 Å². The summed E-state index contributed by atoms with van der Waals surface area (Å²) >= 11 is 0. The Kier molecular flexibility index (Phi) is 6.77. The summed E-state index contributed by atoms with van der Waals surface area (Å²) in [5.41, 5.74) is 8.54. The van der Waals surface area contributed by atoms with Crippen LogP contribution in [0.25, 0.3) is 0 Å². The topological polar surface area (TPSA) is 152 Å². The fourth-order valence-corrected chi connectivity index (χ4v) is 4.28. The molecule has 2 rings (SSSR count). The van der Waals surface area contributed by atoms with Crippen LogP contribution in [-0.4, -0.2) is 31.2 Å². The lowest BCUT2D eigenvalue weighted by Crippen LogP contribution is -2.29. The van der Waals surface area contributed by atoms with E-state index >= 15 is 0 Å². The lowest BCUT2D eigenvalue weighted by Gasteiger charge is -2.16. The molecule has 0 aliphatic carbocycles. The number of para-hydroxylation sites is 1. The van der Waals surface area contributed by atoms with Crippen molar-refractivity contribution < 1.29 is 22.8 Å². The molecule has 0 atom stereocenters. The van der Waals surface area contributed by atoms with Gasteiger partial charge in [0.15, 0.2) is 5.78 Å². The van der Waals surface area contributed by atoms with E-state index in [4.69, 9.17) is 5.14 Å². The van der Waals surface area contributed by atoms with E-state index in [0.717, 1.165) is 0 Å². The van der Waals surface area contributed by atoms with Gasteiger partial charge in [0.2, 0.25) is 16.4 Å². The van der Waals surface area contributed by atoms with Crippen LogP contribution < -0.4 is 21.4 Å². The smallest absolute Gasteiger partial charge is 0.272 e. The normalized spacial score (nSPS) is 11.0. The number of hydrazine groups is 1. The summed E-state index contributed by atoms with van der Waals surface area (Å²) in [6.45, 7) is 4.68. The average molecular weight is 421 g/mol. The predicted octanol–water partition coefficient (Wildman–Crippen LogP) is 0.920. The monoisotopic (exact) mass is 421 g/mol. The minimum absolute atomic E-state index is 0.0267. The molecule has 1 heterocycles. The standard InChI is InChI=1S/C18H23N5O5S/c1-4-14-16(11(3)25)17(29(19,27)28)15(5-2)23(14)22-18(26)12-8-6-7-9-13(12)21-20-10-24/h6-10,21H,4-5H2,1-3H3,(H,20,24)(H,22,26)(H2,19,27,28). The zero-order valence-electron chi connectivity index (χ0n) is 16.3. The average Bonchev–Trinajstić information content (AvgIpc) is 3.00. The number of Topliss-reactive ketones (excluding diaryl/α,β-unsaturated/α-hetero) is 1. The molecule has 0 unspecified atom stereocenters. The van der Waals surface area contributed by atoms with E-state index in [2.05, 4.69) is 16.3 Å². The van der Waals surface area contributed by atoms with Crippen LogP contribution in [0.1, 0.15) is 52.9 Å². The van der Waals surface area contributed by atoms with E-state index in [1.807, 2.05) is 0 Å². The molecule has 11 heteroatoms. The van der Waals surface area contributed by atoms with Crippen molar-refractivity contribution >= 4 is 33.8 Å². The molecule has 2 aromatic rings. The first-order valence-electron chi connectivity index (χ1n) is 8.83. The third-order valence-electron chi connectivity index (χ3n) is 4.27. The van der Waals surface area contributed by atoms with Crippen molar-refractivity contribution in [2.75, 3.05) is 10.9 Å². The summed E-state index contributed by atoms with van der Waals surface area (Å²) in [6.07, 6.45) is 0.908. The molecule has 0 bridgehead atoms. The van der Waals surface area contributed by atoms with Crippen LogP contribution in [-0.2, 0) is 27.7 Å². The molecule has 0 spiro atoms. The summed E-state index contributed by atoms with van der Waals surface area (Å²) in [6, 6.07) is 6.41. The number of hydrogen-bond donors (Lipinski definition) is 4. The minimum atomic E-state index is -4.21. The summed E-state index contributed by atoms with van der Waals surface area (Å²) in [4.78, 5) is 35.4. The lowest BCUT2D eigenvalue weighted by atomic mass is 10.1. The van der Waals surface area contributed by atoms with Gasteiger partial charge in [-0.1, -0.05) is 26.0 Å². The first-order chi connectivity index (χ1) is 13.7. The van der Waals surface area contributed by atoms with E-state index in [-0.39, 0.29) is 34.6 Å². The van der Waals surface area contributed by atoms with E-state index < -0.39 is 21.7 Å². The second-order valence-corrected chi connectivity index (χ2v) is 7.61. The van der Waals surface area contributed by atoms with Gasteiger partial charge in [-0.3, -0.25) is 35.3 Å². The molecule has 5 N–H and O–H groups in total. The Labute approximate surface area is 168 Å².